The molecule has 1 aliphatic rings. The highest BCUT2D eigenvalue weighted by atomic mass is 79.9. The fourth-order valence-corrected chi connectivity index (χ4v) is 4.52. The third kappa shape index (κ3) is 1.93. The van der Waals surface area contributed by atoms with Crippen LogP contribution in [-0.4, -0.2) is 0 Å². The summed E-state index contributed by atoms with van der Waals surface area (Å²) in [5, 5.41) is 0.195. The molecule has 1 aliphatic carbocycles. The highest BCUT2D eigenvalue weighted by Gasteiger charge is 2.48. The molecule has 1 aromatic heterocycles. The average Bonchev–Trinajstić information content (AvgIpc) is 2.90. The van der Waals surface area contributed by atoms with E-state index in [4.69, 9.17) is 11.6 Å². The first-order valence-corrected chi connectivity index (χ1v) is 7.52. The fourth-order valence-electron chi connectivity index (χ4n) is 1.74. The van der Waals surface area contributed by atoms with Crippen LogP contribution in [0.15, 0.2) is 14.3 Å². The van der Waals surface area contributed by atoms with E-state index in [-0.39, 0.29) is 5.38 Å². The highest BCUT2D eigenvalue weighted by Crippen LogP contribution is 2.61. The molecule has 1 saturated carbocycles. The zero-order chi connectivity index (χ0) is 10.3. The molecule has 0 bridgehead atoms. The van der Waals surface area contributed by atoms with Crippen molar-refractivity contribution in [3.63, 3.8) is 0 Å². The van der Waals surface area contributed by atoms with Crippen LogP contribution in [0, 0.1) is 5.41 Å². The lowest BCUT2D eigenvalue weighted by molar-refractivity contribution is 0.476. The number of alkyl halides is 1. The van der Waals surface area contributed by atoms with Crippen LogP contribution in [0.4, 0.5) is 0 Å². The van der Waals surface area contributed by atoms with Gasteiger partial charge in [0.05, 0.1) is 9.16 Å². The predicted molar refractivity (Wildman–Crippen MR) is 70.3 cm³/mol. The van der Waals surface area contributed by atoms with E-state index in [1.807, 2.05) is 0 Å². The summed E-state index contributed by atoms with van der Waals surface area (Å²) in [6, 6.07) is 2.14. The van der Waals surface area contributed by atoms with Gasteiger partial charge in [-0.2, -0.15) is 0 Å². The van der Waals surface area contributed by atoms with Gasteiger partial charge < -0.3 is 0 Å². The van der Waals surface area contributed by atoms with Gasteiger partial charge in [0, 0.05) is 9.35 Å². The van der Waals surface area contributed by atoms with Crippen molar-refractivity contribution in [2.45, 2.75) is 31.6 Å². The van der Waals surface area contributed by atoms with E-state index in [2.05, 4.69) is 44.8 Å². The summed E-state index contributed by atoms with van der Waals surface area (Å²) in [6.07, 6.45) is 3.75. The molecule has 1 heterocycles. The first-order chi connectivity index (χ1) is 6.59. The maximum atomic E-state index is 6.51. The van der Waals surface area contributed by atoms with E-state index in [1.165, 1.54) is 24.1 Å². The molecule has 4 heteroatoms. The SMILES string of the molecule is CCC1(C(Cl)c2cc(Br)c(Br)s2)CC1. The molecule has 0 radical (unpaired) electrons. The van der Waals surface area contributed by atoms with Crippen molar-refractivity contribution >= 4 is 54.8 Å². The molecule has 14 heavy (non-hydrogen) atoms. The zero-order valence-corrected chi connectivity index (χ0v) is 12.6. The monoisotopic (exact) mass is 356 g/mol. The Kier molecular flexibility index (Phi) is 3.33. The molecule has 0 amide bonds. The molecular weight excluding hydrogens is 347 g/mol. The summed E-state index contributed by atoms with van der Waals surface area (Å²) in [6.45, 7) is 2.24. The van der Waals surface area contributed by atoms with Crippen LogP contribution < -0.4 is 0 Å². The van der Waals surface area contributed by atoms with Crippen LogP contribution in [0.2, 0.25) is 0 Å². The average molecular weight is 359 g/mol. The van der Waals surface area contributed by atoms with Crippen molar-refractivity contribution in [2.75, 3.05) is 0 Å². The second kappa shape index (κ2) is 4.08. The molecule has 78 valence electrons. The van der Waals surface area contributed by atoms with Gasteiger partial charge in [0.25, 0.3) is 0 Å². The molecule has 1 atom stereocenters. The molecule has 0 N–H and O–H groups in total. The minimum atomic E-state index is 0.195. The summed E-state index contributed by atoms with van der Waals surface area (Å²) in [5.74, 6) is 0. The van der Waals surface area contributed by atoms with Gasteiger partial charge in [-0.15, -0.1) is 22.9 Å². The second-order valence-corrected chi connectivity index (χ2v) is 7.54. The van der Waals surface area contributed by atoms with Crippen molar-refractivity contribution in [3.05, 3.63) is 19.2 Å². The topological polar surface area (TPSA) is 0 Å². The number of rotatable bonds is 3. The molecule has 0 aliphatic heterocycles. The first kappa shape index (κ1) is 11.4. The van der Waals surface area contributed by atoms with Gasteiger partial charge in [-0.1, -0.05) is 6.92 Å². The molecule has 1 fully saturated rings. The fraction of sp³-hybridized carbons (Fsp3) is 0.600. The van der Waals surface area contributed by atoms with Crippen LogP contribution in [0.25, 0.3) is 0 Å². The van der Waals surface area contributed by atoms with Crippen LogP contribution in [0.1, 0.15) is 36.4 Å². The largest absolute Gasteiger partial charge is 0.130 e. The smallest absolute Gasteiger partial charge is 0.0843 e. The lowest BCUT2D eigenvalue weighted by Gasteiger charge is -2.17. The van der Waals surface area contributed by atoms with Gasteiger partial charge >= 0.3 is 0 Å². The molecule has 0 nitrogen and oxygen atoms in total. The molecule has 0 aromatic carbocycles. The van der Waals surface area contributed by atoms with E-state index in [9.17, 15) is 0 Å². The molecule has 2 rings (SSSR count). The third-order valence-corrected chi connectivity index (χ3v) is 7.20. The maximum Gasteiger partial charge on any atom is 0.0843 e. The van der Waals surface area contributed by atoms with Crippen LogP contribution >= 0.6 is 54.8 Å². The van der Waals surface area contributed by atoms with Gasteiger partial charge in [-0.25, -0.2) is 0 Å². The number of hydrogen-bond donors (Lipinski definition) is 0. The van der Waals surface area contributed by atoms with Crippen molar-refractivity contribution in [2.24, 2.45) is 5.41 Å². The normalized spacial score (nSPS) is 20.9. The predicted octanol–water partition coefficient (Wildman–Crippen LogP) is 5.74. The van der Waals surface area contributed by atoms with Gasteiger partial charge in [0.15, 0.2) is 0 Å². The van der Waals surface area contributed by atoms with E-state index in [1.54, 1.807) is 11.3 Å². The maximum absolute atomic E-state index is 6.51. The summed E-state index contributed by atoms with van der Waals surface area (Å²) in [7, 11) is 0. The minimum absolute atomic E-state index is 0.195. The third-order valence-electron chi connectivity index (χ3n) is 3.05. The van der Waals surface area contributed by atoms with Crippen molar-refractivity contribution < 1.29 is 0 Å². The standard InChI is InChI=1S/C10H11Br2ClS/c1-2-10(3-4-10)8(13)7-5-6(11)9(12)14-7/h5,8H,2-4H2,1H3. The minimum Gasteiger partial charge on any atom is -0.130 e. The Morgan fingerprint density at radius 3 is 2.57 bits per heavy atom. The van der Waals surface area contributed by atoms with E-state index >= 15 is 0 Å². The Morgan fingerprint density at radius 1 is 1.57 bits per heavy atom. The first-order valence-electron chi connectivity index (χ1n) is 4.68. The van der Waals surface area contributed by atoms with Gasteiger partial charge in [-0.3, -0.25) is 0 Å². The number of thiophene rings is 1. The number of halogens is 3. The van der Waals surface area contributed by atoms with Gasteiger partial charge in [0.2, 0.25) is 0 Å². The second-order valence-electron chi connectivity index (χ2n) is 3.85. The quantitative estimate of drug-likeness (QED) is 0.604. The summed E-state index contributed by atoms with van der Waals surface area (Å²) in [5.41, 5.74) is 0.394. The Balaban J connectivity index is 2.23. The van der Waals surface area contributed by atoms with Gasteiger partial charge in [0.1, 0.15) is 0 Å². The Bertz CT molecular complexity index is 324. The summed E-state index contributed by atoms with van der Waals surface area (Å²) < 4.78 is 2.26. The zero-order valence-electron chi connectivity index (χ0n) is 7.82. The lowest BCUT2D eigenvalue weighted by atomic mass is 9.98. The van der Waals surface area contributed by atoms with Gasteiger partial charge in [-0.05, 0) is 62.6 Å². The molecule has 0 spiro atoms. The van der Waals surface area contributed by atoms with Crippen molar-refractivity contribution in [1.29, 1.82) is 0 Å². The number of hydrogen-bond acceptors (Lipinski definition) is 1. The highest BCUT2D eigenvalue weighted by molar-refractivity contribution is 9.13. The van der Waals surface area contributed by atoms with E-state index in [0.29, 0.717) is 5.41 Å². The lowest BCUT2D eigenvalue weighted by Crippen LogP contribution is -2.05. The van der Waals surface area contributed by atoms with Crippen LogP contribution in [0.3, 0.4) is 0 Å². The van der Waals surface area contributed by atoms with Crippen LogP contribution in [-0.2, 0) is 0 Å². The molecule has 1 unspecified atom stereocenters. The van der Waals surface area contributed by atoms with Crippen LogP contribution in [0.5, 0.6) is 0 Å². The molecule has 0 saturated heterocycles. The molecule has 1 aromatic rings. The summed E-state index contributed by atoms with van der Waals surface area (Å²) in [4.78, 5) is 1.28. The molecular formula is C10H11Br2ClS. The van der Waals surface area contributed by atoms with Crippen molar-refractivity contribution in [3.8, 4) is 0 Å². The van der Waals surface area contributed by atoms with Crippen molar-refractivity contribution in [1.82, 2.24) is 0 Å². The Morgan fingerprint density at radius 2 is 2.21 bits per heavy atom. The van der Waals surface area contributed by atoms with E-state index < -0.39 is 0 Å². The summed E-state index contributed by atoms with van der Waals surface area (Å²) >= 11 is 15.3. The van der Waals surface area contributed by atoms with E-state index in [0.717, 1.165) is 8.26 Å². The Labute approximate surface area is 110 Å². The Hall–Kier alpha value is 0.950.